The quantitative estimate of drug-likeness (QED) is 0.453. The van der Waals surface area contributed by atoms with Gasteiger partial charge in [-0.2, -0.15) is 0 Å². The Morgan fingerprint density at radius 2 is 1.61 bits per heavy atom. The molecule has 1 N–H and O–H groups in total. The Labute approximate surface area is 182 Å². The highest BCUT2D eigenvalue weighted by molar-refractivity contribution is 7.89. The van der Waals surface area contributed by atoms with Crippen LogP contribution in [0.5, 0.6) is 17.2 Å². The summed E-state index contributed by atoms with van der Waals surface area (Å²) >= 11 is 0. The van der Waals surface area contributed by atoms with Crippen LogP contribution in [0.4, 0.5) is 4.39 Å². The highest BCUT2D eigenvalue weighted by atomic mass is 32.2. The highest BCUT2D eigenvalue weighted by Crippen LogP contribution is 2.35. The SMILES string of the molecule is CCCNS(=O)(=O)c1ccc(Oc2ccc(CC)cc2OCc2ccccc2)c(F)c1. The molecule has 0 radical (unpaired) electrons. The van der Waals surface area contributed by atoms with Crippen molar-refractivity contribution in [2.75, 3.05) is 6.54 Å². The molecule has 0 aliphatic rings. The van der Waals surface area contributed by atoms with E-state index in [1.54, 1.807) is 6.07 Å². The molecule has 0 atom stereocenters. The second-order valence-electron chi connectivity index (χ2n) is 7.00. The van der Waals surface area contributed by atoms with Gasteiger partial charge in [0.2, 0.25) is 10.0 Å². The second kappa shape index (κ2) is 10.4. The van der Waals surface area contributed by atoms with E-state index in [9.17, 15) is 12.8 Å². The van der Waals surface area contributed by atoms with Crippen LogP contribution in [-0.2, 0) is 23.1 Å². The second-order valence-corrected chi connectivity index (χ2v) is 8.77. The van der Waals surface area contributed by atoms with E-state index >= 15 is 0 Å². The van der Waals surface area contributed by atoms with E-state index < -0.39 is 15.8 Å². The zero-order chi connectivity index (χ0) is 22.3. The molecule has 0 saturated heterocycles. The van der Waals surface area contributed by atoms with Gasteiger partial charge in [-0.05, 0) is 54.3 Å². The fraction of sp³-hybridized carbons (Fsp3) is 0.250. The lowest BCUT2D eigenvalue weighted by Crippen LogP contribution is -2.24. The Hall–Kier alpha value is -2.90. The van der Waals surface area contributed by atoms with Gasteiger partial charge in [-0.1, -0.05) is 50.2 Å². The summed E-state index contributed by atoms with van der Waals surface area (Å²) in [6.45, 7) is 4.50. The Balaban J connectivity index is 1.83. The van der Waals surface area contributed by atoms with Crippen molar-refractivity contribution in [3.05, 3.63) is 83.7 Å². The lowest BCUT2D eigenvalue weighted by molar-refractivity contribution is 0.289. The maximum absolute atomic E-state index is 14.7. The Kier molecular flexibility index (Phi) is 7.65. The molecule has 0 amide bonds. The van der Waals surface area contributed by atoms with E-state index in [1.165, 1.54) is 12.1 Å². The Bertz CT molecular complexity index is 1120. The first kappa shape index (κ1) is 22.8. The molecule has 0 aliphatic carbocycles. The van der Waals surface area contributed by atoms with Gasteiger partial charge in [0.25, 0.3) is 0 Å². The molecule has 5 nitrogen and oxygen atoms in total. The van der Waals surface area contributed by atoms with E-state index in [0.717, 1.165) is 23.6 Å². The largest absolute Gasteiger partial charge is 0.485 e. The van der Waals surface area contributed by atoms with Crippen LogP contribution in [0.2, 0.25) is 0 Å². The van der Waals surface area contributed by atoms with Crippen molar-refractivity contribution in [2.24, 2.45) is 0 Å². The van der Waals surface area contributed by atoms with Crippen LogP contribution in [0.3, 0.4) is 0 Å². The number of hydrogen-bond donors (Lipinski definition) is 1. The Morgan fingerprint density at radius 3 is 2.29 bits per heavy atom. The average Bonchev–Trinajstić information content (AvgIpc) is 2.79. The number of halogens is 1. The molecule has 0 aliphatic heterocycles. The maximum atomic E-state index is 14.7. The van der Waals surface area contributed by atoms with Gasteiger partial charge < -0.3 is 9.47 Å². The number of benzene rings is 3. The third-order valence-corrected chi connectivity index (χ3v) is 6.09. The fourth-order valence-corrected chi connectivity index (χ4v) is 4.02. The molecule has 0 bridgehead atoms. The zero-order valence-electron chi connectivity index (χ0n) is 17.6. The molecule has 31 heavy (non-hydrogen) atoms. The fourth-order valence-electron chi connectivity index (χ4n) is 2.87. The van der Waals surface area contributed by atoms with Crippen molar-refractivity contribution in [1.82, 2.24) is 4.72 Å². The molecule has 3 aromatic rings. The summed E-state index contributed by atoms with van der Waals surface area (Å²) in [4.78, 5) is -0.146. The molecular formula is C24H26FNO4S. The van der Waals surface area contributed by atoms with Crippen LogP contribution < -0.4 is 14.2 Å². The van der Waals surface area contributed by atoms with Gasteiger partial charge in [0, 0.05) is 6.54 Å². The molecule has 0 unspecified atom stereocenters. The lowest BCUT2D eigenvalue weighted by atomic mass is 10.1. The molecule has 3 rings (SSSR count). The van der Waals surface area contributed by atoms with Crippen molar-refractivity contribution in [3.8, 4) is 17.2 Å². The number of rotatable bonds is 10. The molecule has 3 aromatic carbocycles. The number of hydrogen-bond acceptors (Lipinski definition) is 4. The summed E-state index contributed by atoms with van der Waals surface area (Å²) in [5.74, 6) is -0.00754. The average molecular weight is 444 g/mol. The van der Waals surface area contributed by atoms with Gasteiger partial charge in [0.05, 0.1) is 4.90 Å². The van der Waals surface area contributed by atoms with Gasteiger partial charge >= 0.3 is 0 Å². The number of aryl methyl sites for hydroxylation is 1. The number of ether oxygens (including phenoxy) is 2. The number of sulfonamides is 1. The summed E-state index contributed by atoms with van der Waals surface area (Å²) in [5, 5.41) is 0. The first-order valence-corrected chi connectivity index (χ1v) is 11.7. The summed E-state index contributed by atoms with van der Waals surface area (Å²) in [5.41, 5.74) is 2.05. The van der Waals surface area contributed by atoms with Crippen LogP contribution in [0.25, 0.3) is 0 Å². The van der Waals surface area contributed by atoms with Crippen LogP contribution in [0, 0.1) is 5.82 Å². The third kappa shape index (κ3) is 6.06. The van der Waals surface area contributed by atoms with Crippen molar-refractivity contribution in [2.45, 2.75) is 38.2 Å². The molecule has 0 heterocycles. The summed E-state index contributed by atoms with van der Waals surface area (Å²) in [6, 6.07) is 18.8. The van der Waals surface area contributed by atoms with Gasteiger partial charge in [0.15, 0.2) is 23.1 Å². The topological polar surface area (TPSA) is 64.6 Å². The monoisotopic (exact) mass is 443 g/mol. The molecular weight excluding hydrogens is 417 g/mol. The molecule has 0 spiro atoms. The van der Waals surface area contributed by atoms with Crippen molar-refractivity contribution < 1.29 is 22.3 Å². The van der Waals surface area contributed by atoms with Crippen molar-refractivity contribution in [1.29, 1.82) is 0 Å². The van der Waals surface area contributed by atoms with Crippen molar-refractivity contribution in [3.63, 3.8) is 0 Å². The minimum absolute atomic E-state index is 0.0803. The van der Waals surface area contributed by atoms with Gasteiger partial charge in [0.1, 0.15) is 6.61 Å². The Morgan fingerprint density at radius 1 is 0.871 bits per heavy atom. The van der Waals surface area contributed by atoms with Crippen LogP contribution in [0.15, 0.2) is 71.6 Å². The van der Waals surface area contributed by atoms with Gasteiger partial charge in [-0.15, -0.1) is 0 Å². The predicted octanol–water partition coefficient (Wildman–Crippen LogP) is 5.45. The van der Waals surface area contributed by atoms with E-state index in [2.05, 4.69) is 4.72 Å². The van der Waals surface area contributed by atoms with Crippen LogP contribution in [-0.4, -0.2) is 15.0 Å². The minimum Gasteiger partial charge on any atom is -0.485 e. The number of nitrogens with one attached hydrogen (secondary N) is 1. The van der Waals surface area contributed by atoms with E-state index in [1.807, 2.05) is 56.3 Å². The molecule has 0 aromatic heterocycles. The lowest BCUT2D eigenvalue weighted by Gasteiger charge is -2.15. The molecule has 0 saturated carbocycles. The first-order chi connectivity index (χ1) is 14.9. The molecule has 0 fully saturated rings. The van der Waals surface area contributed by atoms with E-state index in [-0.39, 0.29) is 17.2 Å². The van der Waals surface area contributed by atoms with E-state index in [4.69, 9.17) is 9.47 Å². The van der Waals surface area contributed by atoms with Gasteiger partial charge in [-0.25, -0.2) is 17.5 Å². The predicted molar refractivity (Wildman–Crippen MR) is 119 cm³/mol. The van der Waals surface area contributed by atoms with Gasteiger partial charge in [-0.3, -0.25) is 0 Å². The molecule has 164 valence electrons. The molecule has 7 heteroatoms. The first-order valence-electron chi connectivity index (χ1n) is 10.2. The highest BCUT2D eigenvalue weighted by Gasteiger charge is 2.17. The normalized spacial score (nSPS) is 11.3. The summed E-state index contributed by atoms with van der Waals surface area (Å²) in [7, 11) is -3.76. The van der Waals surface area contributed by atoms with Crippen molar-refractivity contribution >= 4 is 10.0 Å². The standard InChI is InChI=1S/C24H26FNO4S/c1-3-14-26-31(27,28)20-11-13-22(21(25)16-20)30-23-12-10-18(4-2)15-24(23)29-17-19-8-6-5-7-9-19/h5-13,15-16,26H,3-4,14,17H2,1-2H3. The maximum Gasteiger partial charge on any atom is 0.240 e. The minimum atomic E-state index is -3.76. The third-order valence-electron chi connectivity index (χ3n) is 4.63. The zero-order valence-corrected chi connectivity index (χ0v) is 18.4. The van der Waals surface area contributed by atoms with Crippen LogP contribution in [0.1, 0.15) is 31.4 Å². The van der Waals surface area contributed by atoms with E-state index in [0.29, 0.717) is 24.5 Å². The summed E-state index contributed by atoms with van der Waals surface area (Å²) in [6.07, 6.45) is 1.45. The summed E-state index contributed by atoms with van der Waals surface area (Å²) < 4.78 is 53.2. The van der Waals surface area contributed by atoms with Crippen LogP contribution >= 0.6 is 0 Å². The smallest absolute Gasteiger partial charge is 0.240 e.